The summed E-state index contributed by atoms with van der Waals surface area (Å²) in [5, 5.41) is 1.04. The fourth-order valence-electron chi connectivity index (χ4n) is 3.21. The number of furan rings is 1. The summed E-state index contributed by atoms with van der Waals surface area (Å²) in [5.74, 6) is 1.05. The number of amides is 1. The number of hydrogen-bond acceptors (Lipinski definition) is 3. The molecule has 1 aromatic carbocycles. The van der Waals surface area contributed by atoms with Crippen molar-refractivity contribution < 1.29 is 9.21 Å². The van der Waals surface area contributed by atoms with Crippen molar-refractivity contribution in [1.82, 2.24) is 4.90 Å². The highest BCUT2D eigenvalue weighted by Crippen LogP contribution is 2.30. The van der Waals surface area contributed by atoms with Crippen LogP contribution in [0.4, 0.5) is 0 Å². The molecular formula is C17H22N2O2. The summed E-state index contributed by atoms with van der Waals surface area (Å²) in [4.78, 5) is 14.7. The van der Waals surface area contributed by atoms with E-state index in [9.17, 15) is 4.79 Å². The van der Waals surface area contributed by atoms with Crippen LogP contribution in [0.5, 0.6) is 0 Å². The van der Waals surface area contributed by atoms with Crippen LogP contribution >= 0.6 is 0 Å². The number of benzene rings is 1. The Morgan fingerprint density at radius 2 is 2.24 bits per heavy atom. The molecule has 2 N–H and O–H groups in total. The van der Waals surface area contributed by atoms with E-state index in [2.05, 4.69) is 6.92 Å². The first-order chi connectivity index (χ1) is 10.1. The third kappa shape index (κ3) is 2.56. The number of likely N-dealkylation sites (tertiary alicyclic amines) is 1. The molecule has 112 valence electrons. The van der Waals surface area contributed by atoms with E-state index >= 15 is 0 Å². The molecule has 1 aromatic heterocycles. The molecule has 3 atom stereocenters. The van der Waals surface area contributed by atoms with Crippen LogP contribution in [0.25, 0.3) is 11.0 Å². The summed E-state index contributed by atoms with van der Waals surface area (Å²) < 4.78 is 5.83. The van der Waals surface area contributed by atoms with E-state index in [1.807, 2.05) is 42.2 Å². The van der Waals surface area contributed by atoms with E-state index in [-0.39, 0.29) is 17.9 Å². The molecule has 21 heavy (non-hydrogen) atoms. The molecule has 0 saturated carbocycles. The minimum Gasteiger partial charge on any atom is -0.460 e. The van der Waals surface area contributed by atoms with Crippen LogP contribution in [0.1, 0.15) is 31.9 Å². The van der Waals surface area contributed by atoms with Crippen molar-refractivity contribution >= 4 is 16.9 Å². The van der Waals surface area contributed by atoms with Crippen molar-refractivity contribution in [2.75, 3.05) is 13.1 Å². The van der Waals surface area contributed by atoms with Gasteiger partial charge in [-0.15, -0.1) is 0 Å². The third-order valence-electron chi connectivity index (χ3n) is 4.52. The lowest BCUT2D eigenvalue weighted by atomic mass is 10.1. The highest BCUT2D eigenvalue weighted by molar-refractivity contribution is 5.85. The number of carbonyl (C=O) groups is 1. The van der Waals surface area contributed by atoms with Gasteiger partial charge in [-0.1, -0.05) is 18.2 Å². The van der Waals surface area contributed by atoms with Gasteiger partial charge in [-0.2, -0.15) is 0 Å². The van der Waals surface area contributed by atoms with Crippen molar-refractivity contribution in [3.8, 4) is 0 Å². The lowest BCUT2D eigenvalue weighted by Gasteiger charge is -2.24. The Kier molecular flexibility index (Phi) is 3.72. The van der Waals surface area contributed by atoms with Crippen molar-refractivity contribution in [3.05, 3.63) is 36.1 Å². The van der Waals surface area contributed by atoms with Gasteiger partial charge in [-0.3, -0.25) is 4.79 Å². The van der Waals surface area contributed by atoms with Gasteiger partial charge in [0.2, 0.25) is 5.91 Å². The summed E-state index contributed by atoms with van der Waals surface area (Å²) in [6, 6.07) is 10.1. The number of nitrogens with zero attached hydrogens (tertiary/aromatic N) is 1. The average molecular weight is 286 g/mol. The van der Waals surface area contributed by atoms with E-state index in [0.717, 1.165) is 29.7 Å². The van der Waals surface area contributed by atoms with Crippen molar-refractivity contribution in [2.45, 2.75) is 32.2 Å². The highest BCUT2D eigenvalue weighted by atomic mass is 16.3. The Labute approximate surface area is 124 Å². The first-order valence-corrected chi connectivity index (χ1v) is 7.59. The predicted octanol–water partition coefficient (Wildman–Crippen LogP) is 2.73. The van der Waals surface area contributed by atoms with Crippen LogP contribution < -0.4 is 5.73 Å². The molecule has 0 radical (unpaired) electrons. The first kappa shape index (κ1) is 14.1. The standard InChI is InChI=1S/C17H22N2O2/c1-11-7-13(9-18)10-19(11)17(20)12(2)16-8-14-5-3-4-6-15(14)21-16/h3-6,8,11-13H,7,9-10,18H2,1-2H3. The van der Waals surface area contributed by atoms with Gasteiger partial charge in [0.25, 0.3) is 0 Å². The largest absolute Gasteiger partial charge is 0.460 e. The Morgan fingerprint density at radius 3 is 2.90 bits per heavy atom. The van der Waals surface area contributed by atoms with E-state index in [1.54, 1.807) is 0 Å². The number of fused-ring (bicyclic) bond motifs is 1. The fraction of sp³-hybridized carbons (Fsp3) is 0.471. The Hall–Kier alpha value is -1.81. The predicted molar refractivity (Wildman–Crippen MR) is 83.0 cm³/mol. The Bertz CT molecular complexity index is 616. The van der Waals surface area contributed by atoms with E-state index in [1.165, 1.54) is 0 Å². The van der Waals surface area contributed by atoms with Crippen LogP contribution in [0, 0.1) is 5.92 Å². The summed E-state index contributed by atoms with van der Waals surface area (Å²) >= 11 is 0. The van der Waals surface area contributed by atoms with Gasteiger partial charge >= 0.3 is 0 Å². The van der Waals surface area contributed by atoms with Crippen LogP contribution in [-0.4, -0.2) is 29.9 Å². The zero-order chi connectivity index (χ0) is 15.0. The van der Waals surface area contributed by atoms with Crippen molar-refractivity contribution in [1.29, 1.82) is 0 Å². The van der Waals surface area contributed by atoms with Crippen LogP contribution in [0.2, 0.25) is 0 Å². The maximum atomic E-state index is 12.7. The molecule has 0 bridgehead atoms. The monoisotopic (exact) mass is 286 g/mol. The maximum Gasteiger partial charge on any atom is 0.233 e. The Balaban J connectivity index is 1.81. The normalized spacial score (nSPS) is 23.7. The second-order valence-corrected chi connectivity index (χ2v) is 6.09. The van der Waals surface area contributed by atoms with E-state index < -0.39 is 0 Å². The highest BCUT2D eigenvalue weighted by Gasteiger charge is 2.35. The van der Waals surface area contributed by atoms with Crippen molar-refractivity contribution in [2.24, 2.45) is 11.7 Å². The molecule has 1 fully saturated rings. The second kappa shape index (κ2) is 5.53. The van der Waals surface area contributed by atoms with Crippen molar-refractivity contribution in [3.63, 3.8) is 0 Å². The summed E-state index contributed by atoms with van der Waals surface area (Å²) in [6.07, 6.45) is 0.995. The smallest absolute Gasteiger partial charge is 0.233 e. The van der Waals surface area contributed by atoms with Gasteiger partial charge in [-0.25, -0.2) is 0 Å². The molecule has 4 nitrogen and oxygen atoms in total. The topological polar surface area (TPSA) is 59.5 Å². The molecule has 2 heterocycles. The molecule has 1 aliphatic heterocycles. The van der Waals surface area contributed by atoms with Gasteiger partial charge < -0.3 is 15.1 Å². The zero-order valence-corrected chi connectivity index (χ0v) is 12.6. The van der Waals surface area contributed by atoms with Gasteiger partial charge in [-0.05, 0) is 44.9 Å². The molecule has 1 amide bonds. The molecule has 0 aliphatic carbocycles. The molecule has 1 saturated heterocycles. The maximum absolute atomic E-state index is 12.7. The lowest BCUT2D eigenvalue weighted by molar-refractivity contribution is -0.133. The summed E-state index contributed by atoms with van der Waals surface area (Å²) in [6.45, 7) is 5.43. The van der Waals surface area contributed by atoms with Crippen LogP contribution in [-0.2, 0) is 4.79 Å². The quantitative estimate of drug-likeness (QED) is 0.943. The van der Waals surface area contributed by atoms with Gasteiger partial charge in [0.1, 0.15) is 11.3 Å². The summed E-state index contributed by atoms with van der Waals surface area (Å²) in [5.41, 5.74) is 6.57. The molecule has 2 aromatic rings. The lowest BCUT2D eigenvalue weighted by Crippen LogP contribution is -2.37. The zero-order valence-electron chi connectivity index (χ0n) is 12.6. The summed E-state index contributed by atoms with van der Waals surface area (Å²) in [7, 11) is 0. The third-order valence-corrected chi connectivity index (χ3v) is 4.52. The molecule has 4 heteroatoms. The first-order valence-electron chi connectivity index (χ1n) is 7.59. The van der Waals surface area contributed by atoms with Crippen LogP contribution in [0.15, 0.2) is 34.7 Å². The SMILES string of the molecule is CC(C(=O)N1CC(CN)CC1C)c1cc2ccccc2o1. The molecule has 0 spiro atoms. The number of rotatable bonds is 3. The number of nitrogens with two attached hydrogens (primary N) is 1. The van der Waals surface area contributed by atoms with Gasteiger partial charge in [0, 0.05) is 18.0 Å². The molecular weight excluding hydrogens is 264 g/mol. The number of carbonyl (C=O) groups excluding carboxylic acids is 1. The fourth-order valence-corrected chi connectivity index (χ4v) is 3.21. The molecule has 3 unspecified atom stereocenters. The van der Waals surface area contributed by atoms with E-state index in [4.69, 9.17) is 10.2 Å². The minimum absolute atomic E-state index is 0.137. The van der Waals surface area contributed by atoms with Gasteiger partial charge in [0.05, 0.1) is 5.92 Å². The molecule has 1 aliphatic rings. The van der Waals surface area contributed by atoms with Gasteiger partial charge in [0.15, 0.2) is 0 Å². The Morgan fingerprint density at radius 1 is 1.48 bits per heavy atom. The van der Waals surface area contributed by atoms with Crippen LogP contribution in [0.3, 0.4) is 0 Å². The average Bonchev–Trinajstić information content (AvgIpc) is 3.08. The van der Waals surface area contributed by atoms with E-state index in [0.29, 0.717) is 12.5 Å². The number of hydrogen-bond donors (Lipinski definition) is 1. The number of para-hydroxylation sites is 1. The second-order valence-electron chi connectivity index (χ2n) is 6.09. The molecule has 3 rings (SSSR count). The minimum atomic E-state index is -0.253.